The third-order valence-electron chi connectivity index (χ3n) is 7.14. The molecule has 1 aromatic rings. The maximum Gasteiger partial charge on any atom is 0.227 e. The number of carbonyl (C=O) groups is 1. The van der Waals surface area contributed by atoms with E-state index in [1.54, 1.807) is 5.57 Å². The van der Waals surface area contributed by atoms with Crippen LogP contribution in [0, 0.1) is 23.2 Å². The molecule has 0 radical (unpaired) electrons. The molecule has 120 valence electrons. The Labute approximate surface area is 138 Å². The van der Waals surface area contributed by atoms with E-state index < -0.39 is 0 Å². The SMILES string of the molecule is C[C@@]12[C@H]3CC[C@@H]1C(=O)N(Cc1ccccc1)[C@@H]2C=C(C1CC1)C3. The minimum atomic E-state index is 0.185. The van der Waals surface area contributed by atoms with Gasteiger partial charge in [-0.15, -0.1) is 0 Å². The Balaban J connectivity index is 1.54. The second-order valence-corrected chi connectivity index (χ2v) is 8.31. The lowest BCUT2D eigenvalue weighted by atomic mass is 9.65. The number of carbonyl (C=O) groups excluding carboxylic acids is 1. The van der Waals surface area contributed by atoms with Crippen LogP contribution in [-0.4, -0.2) is 16.8 Å². The maximum absolute atomic E-state index is 13.1. The van der Waals surface area contributed by atoms with Gasteiger partial charge in [-0.05, 0) is 49.5 Å². The molecule has 0 aromatic heterocycles. The molecule has 0 bridgehead atoms. The standard InChI is InChI=1S/C21H25NO/c1-21-17-9-10-18(21)20(23)22(13-14-5-3-2-4-6-14)19(21)12-16(11-17)15-7-8-15/h2-6,12,15,17-19H,7-11,13H2,1H3/t17-,18+,19+,21+/m0/s1. The Morgan fingerprint density at radius 3 is 2.65 bits per heavy atom. The summed E-state index contributed by atoms with van der Waals surface area (Å²) in [5.74, 6) is 2.24. The van der Waals surface area contributed by atoms with E-state index in [9.17, 15) is 4.79 Å². The van der Waals surface area contributed by atoms with E-state index in [1.807, 2.05) is 6.07 Å². The predicted octanol–water partition coefficient (Wildman–Crippen LogP) is 4.17. The number of likely N-dealkylation sites (tertiary alicyclic amines) is 1. The average molecular weight is 307 g/mol. The fourth-order valence-electron chi connectivity index (χ4n) is 5.64. The molecule has 3 aliphatic carbocycles. The maximum atomic E-state index is 13.1. The molecule has 23 heavy (non-hydrogen) atoms. The molecule has 4 aliphatic rings. The van der Waals surface area contributed by atoms with Gasteiger partial charge in [-0.1, -0.05) is 48.9 Å². The van der Waals surface area contributed by atoms with Crippen LogP contribution >= 0.6 is 0 Å². The smallest absolute Gasteiger partial charge is 0.227 e. The van der Waals surface area contributed by atoms with Gasteiger partial charge in [0.1, 0.15) is 0 Å². The first-order chi connectivity index (χ1) is 11.2. The summed E-state index contributed by atoms with van der Waals surface area (Å²) < 4.78 is 0. The van der Waals surface area contributed by atoms with Crippen LogP contribution < -0.4 is 0 Å². The first-order valence-electron chi connectivity index (χ1n) is 9.23. The molecule has 3 fully saturated rings. The fraction of sp³-hybridized carbons (Fsp3) is 0.571. The number of hydrogen-bond donors (Lipinski definition) is 0. The summed E-state index contributed by atoms with van der Waals surface area (Å²) in [5.41, 5.74) is 3.11. The van der Waals surface area contributed by atoms with Crippen molar-refractivity contribution in [1.82, 2.24) is 4.90 Å². The van der Waals surface area contributed by atoms with E-state index >= 15 is 0 Å². The van der Waals surface area contributed by atoms with Crippen molar-refractivity contribution in [2.45, 2.75) is 51.6 Å². The Morgan fingerprint density at radius 1 is 1.13 bits per heavy atom. The van der Waals surface area contributed by atoms with Gasteiger partial charge >= 0.3 is 0 Å². The van der Waals surface area contributed by atoms with Crippen molar-refractivity contribution in [3.63, 3.8) is 0 Å². The first kappa shape index (κ1) is 13.8. The monoisotopic (exact) mass is 307 g/mol. The molecule has 2 heteroatoms. The van der Waals surface area contributed by atoms with Gasteiger partial charge in [-0.2, -0.15) is 0 Å². The van der Waals surface area contributed by atoms with Gasteiger partial charge < -0.3 is 4.90 Å². The van der Waals surface area contributed by atoms with E-state index in [0.29, 0.717) is 11.9 Å². The van der Waals surface area contributed by atoms with Gasteiger partial charge in [0, 0.05) is 17.9 Å². The van der Waals surface area contributed by atoms with Crippen LogP contribution in [0.2, 0.25) is 0 Å². The molecule has 0 spiro atoms. The minimum absolute atomic E-state index is 0.185. The predicted molar refractivity (Wildman–Crippen MR) is 90.5 cm³/mol. The summed E-state index contributed by atoms with van der Waals surface area (Å²) in [5, 5.41) is 0. The van der Waals surface area contributed by atoms with Gasteiger partial charge in [0.2, 0.25) is 5.91 Å². The Kier molecular flexibility index (Phi) is 2.84. The lowest BCUT2D eigenvalue weighted by Crippen LogP contribution is -2.43. The van der Waals surface area contributed by atoms with Crippen molar-refractivity contribution in [3.05, 3.63) is 47.5 Å². The quantitative estimate of drug-likeness (QED) is 0.768. The molecule has 1 aliphatic heterocycles. The average Bonchev–Trinajstić information content (AvgIpc) is 3.32. The molecule has 1 amide bonds. The Hall–Kier alpha value is -1.57. The molecule has 5 rings (SSSR count). The number of allylic oxidation sites excluding steroid dienone is 1. The minimum Gasteiger partial charge on any atom is -0.331 e. The summed E-state index contributed by atoms with van der Waals surface area (Å²) in [6, 6.07) is 10.8. The van der Waals surface area contributed by atoms with Crippen molar-refractivity contribution in [3.8, 4) is 0 Å². The highest BCUT2D eigenvalue weighted by Gasteiger charge is 2.63. The van der Waals surface area contributed by atoms with Crippen LogP contribution in [0.1, 0.15) is 44.6 Å². The van der Waals surface area contributed by atoms with Crippen molar-refractivity contribution < 1.29 is 4.79 Å². The molecular weight excluding hydrogens is 282 g/mol. The van der Waals surface area contributed by atoms with Gasteiger partial charge in [0.05, 0.1) is 6.04 Å². The van der Waals surface area contributed by atoms with E-state index in [4.69, 9.17) is 0 Å². The number of amides is 1. The van der Waals surface area contributed by atoms with Crippen molar-refractivity contribution in [2.75, 3.05) is 0 Å². The fourth-order valence-corrected chi connectivity index (χ4v) is 5.64. The lowest BCUT2D eigenvalue weighted by Gasteiger charge is -2.42. The zero-order valence-electron chi connectivity index (χ0n) is 13.9. The molecule has 1 heterocycles. The van der Waals surface area contributed by atoms with E-state index in [0.717, 1.165) is 24.8 Å². The highest BCUT2D eigenvalue weighted by molar-refractivity contribution is 5.84. The van der Waals surface area contributed by atoms with Crippen LogP contribution in [0.15, 0.2) is 42.0 Å². The Bertz CT molecular complexity index is 674. The van der Waals surface area contributed by atoms with Crippen LogP contribution in [0.3, 0.4) is 0 Å². The summed E-state index contributed by atoms with van der Waals surface area (Å²) in [6.45, 7) is 3.18. The number of rotatable bonds is 3. The second-order valence-electron chi connectivity index (χ2n) is 8.31. The van der Waals surface area contributed by atoms with Crippen LogP contribution in [0.5, 0.6) is 0 Å². The topological polar surface area (TPSA) is 20.3 Å². The molecule has 1 saturated heterocycles. The summed E-state index contributed by atoms with van der Waals surface area (Å²) in [4.78, 5) is 15.3. The molecular formula is C21H25NO. The van der Waals surface area contributed by atoms with Gasteiger partial charge in [0.25, 0.3) is 0 Å². The van der Waals surface area contributed by atoms with Gasteiger partial charge in [-0.25, -0.2) is 0 Å². The van der Waals surface area contributed by atoms with Crippen LogP contribution in [0.4, 0.5) is 0 Å². The lowest BCUT2D eigenvalue weighted by molar-refractivity contribution is -0.132. The number of hydrogen-bond acceptors (Lipinski definition) is 1. The number of nitrogens with zero attached hydrogens (tertiary/aromatic N) is 1. The Morgan fingerprint density at radius 2 is 1.91 bits per heavy atom. The summed E-state index contributed by atoms with van der Waals surface area (Å²) in [7, 11) is 0. The molecule has 2 saturated carbocycles. The zero-order chi connectivity index (χ0) is 15.6. The van der Waals surface area contributed by atoms with E-state index in [2.05, 4.69) is 42.2 Å². The van der Waals surface area contributed by atoms with E-state index in [1.165, 1.54) is 31.2 Å². The van der Waals surface area contributed by atoms with Crippen molar-refractivity contribution >= 4 is 5.91 Å². The second kappa shape index (κ2) is 4.72. The van der Waals surface area contributed by atoms with Crippen LogP contribution in [0.25, 0.3) is 0 Å². The van der Waals surface area contributed by atoms with Crippen molar-refractivity contribution in [2.24, 2.45) is 23.2 Å². The third kappa shape index (κ3) is 1.90. The molecule has 1 aromatic carbocycles. The largest absolute Gasteiger partial charge is 0.331 e. The molecule has 0 unspecified atom stereocenters. The third-order valence-corrected chi connectivity index (χ3v) is 7.14. The molecule has 4 atom stereocenters. The van der Waals surface area contributed by atoms with Crippen molar-refractivity contribution in [1.29, 1.82) is 0 Å². The van der Waals surface area contributed by atoms with E-state index in [-0.39, 0.29) is 11.3 Å². The van der Waals surface area contributed by atoms with Gasteiger partial charge in [0.15, 0.2) is 0 Å². The highest BCUT2D eigenvalue weighted by atomic mass is 16.2. The normalized spacial score (nSPS) is 38.7. The summed E-state index contributed by atoms with van der Waals surface area (Å²) in [6.07, 6.45) is 8.89. The van der Waals surface area contributed by atoms with Gasteiger partial charge in [-0.3, -0.25) is 4.79 Å². The van der Waals surface area contributed by atoms with Crippen LogP contribution in [-0.2, 0) is 11.3 Å². The number of benzene rings is 1. The molecule has 2 nitrogen and oxygen atoms in total. The summed E-state index contributed by atoms with van der Waals surface area (Å²) >= 11 is 0. The molecule has 0 N–H and O–H groups in total. The first-order valence-corrected chi connectivity index (χ1v) is 9.23. The highest BCUT2D eigenvalue weighted by Crippen LogP contribution is 2.62. The zero-order valence-corrected chi connectivity index (χ0v) is 13.9.